The third-order valence-corrected chi connectivity index (χ3v) is 10.6. The number of phenolic OH excluding ortho intramolecular Hbond substituents is 1. The molecule has 0 radical (unpaired) electrons. The van der Waals surface area contributed by atoms with Gasteiger partial charge in [0, 0.05) is 41.3 Å². The van der Waals surface area contributed by atoms with Gasteiger partial charge in [0.25, 0.3) is 0 Å². The summed E-state index contributed by atoms with van der Waals surface area (Å²) in [5.41, 5.74) is 5.44. The lowest BCUT2D eigenvalue weighted by atomic mass is 9.73. The van der Waals surface area contributed by atoms with Crippen molar-refractivity contribution >= 4 is 12.1 Å². The van der Waals surface area contributed by atoms with Crippen molar-refractivity contribution in [1.29, 1.82) is 0 Å². The quantitative estimate of drug-likeness (QED) is 0.168. The first kappa shape index (κ1) is 33.7. The normalized spacial score (nSPS) is 23.3. The molecule has 1 fully saturated rings. The average molecular weight is 686 g/mol. The van der Waals surface area contributed by atoms with Gasteiger partial charge in [0.15, 0.2) is 23.0 Å². The first-order valence-electron chi connectivity index (χ1n) is 16.9. The van der Waals surface area contributed by atoms with Gasteiger partial charge in [-0.15, -0.1) is 0 Å². The minimum Gasteiger partial charge on any atom is -0.504 e. The first-order valence-corrected chi connectivity index (χ1v) is 16.9. The highest BCUT2D eigenvalue weighted by Gasteiger charge is 2.56. The monoisotopic (exact) mass is 685 g/mol. The van der Waals surface area contributed by atoms with E-state index in [2.05, 4.69) is 16.8 Å². The predicted octanol–water partition coefficient (Wildman–Crippen LogP) is 4.39. The van der Waals surface area contributed by atoms with Crippen LogP contribution in [0.3, 0.4) is 0 Å². The fraction of sp³-hybridized carbons (Fsp3) is 0.421. The first-order chi connectivity index (χ1) is 24.1. The van der Waals surface area contributed by atoms with Crippen molar-refractivity contribution in [3.63, 3.8) is 0 Å². The summed E-state index contributed by atoms with van der Waals surface area (Å²) in [6.45, 7) is 7.36. The van der Waals surface area contributed by atoms with E-state index in [1.54, 1.807) is 6.92 Å². The van der Waals surface area contributed by atoms with E-state index in [1.165, 1.54) is 13.2 Å². The number of hydrogen-bond donors (Lipinski definition) is 3. The number of amides is 1. The van der Waals surface area contributed by atoms with E-state index in [-0.39, 0.29) is 49.8 Å². The Morgan fingerprint density at radius 2 is 1.84 bits per heavy atom. The maximum absolute atomic E-state index is 13.4. The Morgan fingerprint density at radius 3 is 2.58 bits per heavy atom. The number of aliphatic hydroxyl groups excluding tert-OH is 1. The Bertz CT molecular complexity index is 1830. The number of hydrogen-bond acceptors (Lipinski definition) is 11. The molecule has 1 saturated heterocycles. The lowest BCUT2D eigenvalue weighted by Crippen LogP contribution is -2.69. The molecule has 50 heavy (non-hydrogen) atoms. The molecule has 0 spiro atoms. The summed E-state index contributed by atoms with van der Waals surface area (Å²) in [5.74, 6) is 1.52. The fourth-order valence-electron chi connectivity index (χ4n) is 8.42. The number of aryl methyl sites for hydroxylation is 2. The highest BCUT2D eigenvalue weighted by molar-refractivity contribution is 5.76. The lowest BCUT2D eigenvalue weighted by molar-refractivity contribution is -0.172. The number of benzene rings is 3. The smallest absolute Gasteiger partial charge is 0.504 e. The number of carbonyl (C=O) groups excluding carboxylic acids is 2. The molecule has 2 unspecified atom stereocenters. The zero-order valence-electron chi connectivity index (χ0n) is 28.7. The molecule has 2 bridgehead atoms. The van der Waals surface area contributed by atoms with Gasteiger partial charge < -0.3 is 39.2 Å². The maximum atomic E-state index is 13.4. The zero-order valence-corrected chi connectivity index (χ0v) is 28.7. The minimum absolute atomic E-state index is 0.0313. The van der Waals surface area contributed by atoms with Crippen LogP contribution in [0.4, 0.5) is 4.79 Å². The van der Waals surface area contributed by atoms with E-state index in [0.717, 1.165) is 22.3 Å². The number of aliphatic hydroxyl groups is 1. The van der Waals surface area contributed by atoms with Crippen molar-refractivity contribution in [1.82, 2.24) is 15.1 Å². The number of rotatable bonds is 9. The fourth-order valence-corrected chi connectivity index (χ4v) is 8.42. The van der Waals surface area contributed by atoms with Crippen LogP contribution in [-0.4, -0.2) is 84.5 Å². The van der Waals surface area contributed by atoms with Crippen molar-refractivity contribution in [2.75, 3.05) is 34.1 Å². The van der Waals surface area contributed by atoms with Crippen LogP contribution in [0.5, 0.6) is 28.7 Å². The maximum Gasteiger partial charge on any atom is 0.514 e. The highest BCUT2D eigenvalue weighted by Crippen LogP contribution is 2.58. The standard InChI is InChI=1S/C38H43N3O9/c1-6-14-47-38(45)50-34-21(3)35-36(49-19-48-35)30-24(34)17-25-31-29-23(15-20(2)33(46-5)32(29)43)16-26(40(31)4)37(44)41(25)27(30)18-39-28(42)13-12-22-10-8-7-9-11-22/h6-11,15,25-27,31,37,43-44H,1,12-14,16-19H2,2-5H3,(H,39,42)/t25-,26?,27-,31?,37-/m0/s1. The predicted molar refractivity (Wildman–Crippen MR) is 183 cm³/mol. The van der Waals surface area contributed by atoms with E-state index in [9.17, 15) is 19.8 Å². The number of aromatic hydroxyl groups is 1. The van der Waals surface area contributed by atoms with Crippen LogP contribution in [0.25, 0.3) is 0 Å². The third-order valence-electron chi connectivity index (χ3n) is 10.6. The van der Waals surface area contributed by atoms with Gasteiger partial charge in [-0.1, -0.05) is 49.1 Å². The number of nitrogens with zero attached hydrogens (tertiary/aromatic N) is 2. The van der Waals surface area contributed by atoms with E-state index in [4.69, 9.17) is 23.7 Å². The van der Waals surface area contributed by atoms with E-state index in [0.29, 0.717) is 53.2 Å². The Morgan fingerprint density at radius 1 is 1.08 bits per heavy atom. The number of phenols is 1. The molecule has 264 valence electrons. The average Bonchev–Trinajstić information content (AvgIpc) is 3.60. The largest absolute Gasteiger partial charge is 0.514 e. The minimum atomic E-state index is -0.959. The van der Waals surface area contributed by atoms with Crippen molar-refractivity contribution in [3.05, 3.63) is 88.0 Å². The van der Waals surface area contributed by atoms with Crippen LogP contribution in [0.15, 0.2) is 49.1 Å². The second-order valence-corrected chi connectivity index (χ2v) is 13.3. The summed E-state index contributed by atoms with van der Waals surface area (Å²) in [7, 11) is 3.49. The Balaban J connectivity index is 1.34. The second-order valence-electron chi connectivity index (χ2n) is 13.3. The molecule has 4 heterocycles. The molecular weight excluding hydrogens is 642 g/mol. The number of likely N-dealkylation sites (N-methyl/N-ethyl adjacent to an activating group) is 1. The van der Waals surface area contributed by atoms with Crippen molar-refractivity contribution < 1.29 is 43.5 Å². The van der Waals surface area contributed by atoms with Gasteiger partial charge in [-0.2, -0.15) is 0 Å². The van der Waals surface area contributed by atoms with Gasteiger partial charge in [-0.25, -0.2) is 4.79 Å². The van der Waals surface area contributed by atoms with Crippen LogP contribution in [0.2, 0.25) is 0 Å². The number of methoxy groups -OCH3 is 1. The van der Waals surface area contributed by atoms with Crippen LogP contribution < -0.4 is 24.3 Å². The summed E-state index contributed by atoms with van der Waals surface area (Å²) in [6.07, 6.45) is 1.25. The summed E-state index contributed by atoms with van der Waals surface area (Å²) in [4.78, 5) is 30.5. The molecule has 0 aromatic heterocycles. The molecule has 12 heteroatoms. The van der Waals surface area contributed by atoms with Crippen LogP contribution >= 0.6 is 0 Å². The van der Waals surface area contributed by atoms with Gasteiger partial charge in [0.2, 0.25) is 12.7 Å². The molecule has 12 nitrogen and oxygen atoms in total. The summed E-state index contributed by atoms with van der Waals surface area (Å²) < 4.78 is 28.8. The highest BCUT2D eigenvalue weighted by atomic mass is 16.7. The van der Waals surface area contributed by atoms with Crippen molar-refractivity contribution in [3.8, 4) is 28.7 Å². The molecule has 1 amide bonds. The van der Waals surface area contributed by atoms with Gasteiger partial charge in [0.1, 0.15) is 18.6 Å². The van der Waals surface area contributed by atoms with E-state index < -0.39 is 30.5 Å². The molecule has 7 rings (SSSR count). The Kier molecular flexibility index (Phi) is 9.10. The Hall–Kier alpha value is -4.78. The van der Waals surface area contributed by atoms with Crippen LogP contribution in [0.1, 0.15) is 57.4 Å². The molecule has 3 N–H and O–H groups in total. The summed E-state index contributed by atoms with van der Waals surface area (Å²) in [5, 5.41) is 27.1. The number of nitrogens with one attached hydrogen (secondary N) is 1. The molecular formula is C38H43N3O9. The lowest BCUT2D eigenvalue weighted by Gasteiger charge is -2.60. The molecule has 5 atom stereocenters. The SMILES string of the molecule is C=CCOC(=O)Oc1c(C)c2c(c3c1C[C@H]1C4c5c(cc(C)c(OC)c5O)CC([C@H](O)N1[C@H]3CNC(=O)CCc1ccccc1)N4C)OCO2. The summed E-state index contributed by atoms with van der Waals surface area (Å²) in [6, 6.07) is 10.1. The van der Waals surface area contributed by atoms with E-state index >= 15 is 0 Å². The Labute approximate surface area is 291 Å². The van der Waals surface area contributed by atoms with Gasteiger partial charge in [-0.05, 0) is 56.8 Å². The third kappa shape index (κ3) is 5.61. The van der Waals surface area contributed by atoms with Crippen molar-refractivity contribution in [2.45, 2.75) is 69.9 Å². The van der Waals surface area contributed by atoms with Gasteiger partial charge >= 0.3 is 6.16 Å². The summed E-state index contributed by atoms with van der Waals surface area (Å²) >= 11 is 0. The van der Waals surface area contributed by atoms with Crippen molar-refractivity contribution in [2.24, 2.45) is 0 Å². The number of piperazine rings is 1. The van der Waals surface area contributed by atoms with Gasteiger partial charge in [0.05, 0.1) is 25.2 Å². The number of ether oxygens (including phenoxy) is 5. The zero-order chi connectivity index (χ0) is 35.3. The molecule has 3 aromatic rings. The number of fused-ring (bicyclic) bond motifs is 9. The second kappa shape index (κ2) is 13.5. The van der Waals surface area contributed by atoms with E-state index in [1.807, 2.05) is 55.3 Å². The van der Waals surface area contributed by atoms with Crippen LogP contribution in [0, 0.1) is 13.8 Å². The number of carbonyl (C=O) groups is 2. The molecule has 0 saturated carbocycles. The molecule has 0 aliphatic carbocycles. The van der Waals surface area contributed by atoms with Crippen LogP contribution in [-0.2, 0) is 28.8 Å². The van der Waals surface area contributed by atoms with Gasteiger partial charge in [-0.3, -0.25) is 14.6 Å². The topological polar surface area (TPSA) is 139 Å². The molecule has 4 aliphatic heterocycles. The molecule has 3 aromatic carbocycles. The molecule has 4 aliphatic rings.